The van der Waals surface area contributed by atoms with E-state index in [0.29, 0.717) is 5.56 Å². The molecular formula is C33H32Cl2FN3O4S. The van der Waals surface area contributed by atoms with Gasteiger partial charge in [0.1, 0.15) is 18.4 Å². The predicted molar refractivity (Wildman–Crippen MR) is 172 cm³/mol. The zero-order valence-corrected chi connectivity index (χ0v) is 26.5. The number of carbonyl (C=O) groups is 2. The highest BCUT2D eigenvalue weighted by Crippen LogP contribution is 2.30. The summed E-state index contributed by atoms with van der Waals surface area (Å²) < 4.78 is 43.7. The van der Waals surface area contributed by atoms with Crippen molar-refractivity contribution in [1.29, 1.82) is 0 Å². The molecular weight excluding hydrogens is 624 g/mol. The highest BCUT2D eigenvalue weighted by atomic mass is 35.5. The van der Waals surface area contributed by atoms with Gasteiger partial charge in [-0.1, -0.05) is 89.9 Å². The highest BCUT2D eigenvalue weighted by molar-refractivity contribution is 7.92. The summed E-state index contributed by atoms with van der Waals surface area (Å²) in [5, 5.41) is 3.40. The monoisotopic (exact) mass is 655 g/mol. The van der Waals surface area contributed by atoms with Crippen molar-refractivity contribution in [2.24, 2.45) is 0 Å². The average molecular weight is 657 g/mol. The Kier molecular flexibility index (Phi) is 11.0. The fourth-order valence-corrected chi connectivity index (χ4v) is 6.64. The summed E-state index contributed by atoms with van der Waals surface area (Å²) in [6.45, 7) is 2.57. The maximum absolute atomic E-state index is 15.2. The number of benzene rings is 4. The van der Waals surface area contributed by atoms with Crippen LogP contribution >= 0.6 is 23.2 Å². The van der Waals surface area contributed by atoms with E-state index >= 15 is 4.39 Å². The van der Waals surface area contributed by atoms with E-state index < -0.39 is 40.2 Å². The van der Waals surface area contributed by atoms with E-state index in [1.807, 2.05) is 30.3 Å². The Hall–Kier alpha value is -3.92. The summed E-state index contributed by atoms with van der Waals surface area (Å²) in [7, 11) is -4.43. The van der Waals surface area contributed by atoms with Gasteiger partial charge >= 0.3 is 0 Å². The Bertz CT molecular complexity index is 1690. The molecule has 44 heavy (non-hydrogen) atoms. The van der Waals surface area contributed by atoms with Gasteiger partial charge in [-0.15, -0.1) is 0 Å². The quantitative estimate of drug-likeness (QED) is 0.189. The molecule has 0 aliphatic rings. The van der Waals surface area contributed by atoms with Crippen LogP contribution in [0.25, 0.3) is 0 Å². The average Bonchev–Trinajstić information content (AvgIpc) is 3.00. The SMILES string of the molecule is CC(C)NC(=O)[C@@H](Cc1ccccc1)N(Cc1c(Cl)cccc1Cl)C(=O)CN(c1ccccc1F)S(=O)(=O)c1ccccc1. The van der Waals surface area contributed by atoms with Crippen LogP contribution in [-0.4, -0.2) is 43.8 Å². The first kappa shape index (κ1) is 33.0. The van der Waals surface area contributed by atoms with Gasteiger partial charge in [0.05, 0.1) is 10.6 Å². The fraction of sp³-hybridized carbons (Fsp3) is 0.212. The van der Waals surface area contributed by atoms with Gasteiger partial charge in [0.25, 0.3) is 10.0 Å². The molecule has 0 aromatic heterocycles. The Morgan fingerprint density at radius 3 is 1.98 bits per heavy atom. The molecule has 0 saturated heterocycles. The van der Waals surface area contributed by atoms with Gasteiger partial charge in [0.2, 0.25) is 11.8 Å². The number of rotatable bonds is 12. The van der Waals surface area contributed by atoms with E-state index in [2.05, 4.69) is 5.32 Å². The lowest BCUT2D eigenvalue weighted by atomic mass is 10.0. The molecule has 11 heteroatoms. The van der Waals surface area contributed by atoms with Gasteiger partial charge in [-0.2, -0.15) is 0 Å². The summed E-state index contributed by atoms with van der Waals surface area (Å²) in [6.07, 6.45) is 0.109. The summed E-state index contributed by atoms with van der Waals surface area (Å²) >= 11 is 13.0. The standard InChI is InChI=1S/C33H32Cl2FN3O4S/c1-23(2)37-33(41)31(20-24-12-5-3-6-13-24)38(21-26-27(34)16-11-17-28(26)35)32(40)22-39(30-19-10-9-18-29(30)36)44(42,43)25-14-7-4-8-15-25/h3-19,23,31H,20-22H2,1-2H3,(H,37,41)/t31-/m1/s1. The number of hydrogen-bond donors (Lipinski definition) is 1. The van der Waals surface area contributed by atoms with Gasteiger partial charge in [0, 0.05) is 34.6 Å². The molecule has 4 aromatic carbocycles. The third-order valence-electron chi connectivity index (χ3n) is 6.82. The Morgan fingerprint density at radius 2 is 1.39 bits per heavy atom. The molecule has 230 valence electrons. The first-order valence-corrected chi connectivity index (χ1v) is 16.1. The maximum atomic E-state index is 15.2. The lowest BCUT2D eigenvalue weighted by Gasteiger charge is -2.34. The van der Waals surface area contributed by atoms with Gasteiger partial charge in [-0.3, -0.25) is 13.9 Å². The summed E-state index contributed by atoms with van der Waals surface area (Å²) in [4.78, 5) is 29.3. The van der Waals surface area contributed by atoms with E-state index in [4.69, 9.17) is 23.2 Å². The van der Waals surface area contributed by atoms with Crippen LogP contribution in [0.4, 0.5) is 10.1 Å². The molecule has 4 rings (SSSR count). The van der Waals surface area contributed by atoms with Crippen molar-refractivity contribution in [2.45, 2.75) is 43.8 Å². The van der Waals surface area contributed by atoms with Crippen LogP contribution in [0.1, 0.15) is 25.0 Å². The van der Waals surface area contributed by atoms with Crippen LogP contribution in [0.2, 0.25) is 10.0 Å². The lowest BCUT2D eigenvalue weighted by Crippen LogP contribution is -2.54. The summed E-state index contributed by atoms with van der Waals surface area (Å²) in [5.74, 6) is -2.05. The maximum Gasteiger partial charge on any atom is 0.264 e. The Morgan fingerprint density at radius 1 is 0.818 bits per heavy atom. The second kappa shape index (κ2) is 14.7. The van der Waals surface area contributed by atoms with Crippen molar-refractivity contribution in [1.82, 2.24) is 10.2 Å². The molecule has 0 saturated carbocycles. The molecule has 0 unspecified atom stereocenters. The number of anilines is 1. The molecule has 7 nitrogen and oxygen atoms in total. The minimum absolute atomic E-state index is 0.109. The van der Waals surface area contributed by atoms with E-state index in [1.54, 1.807) is 38.1 Å². The number of halogens is 3. The number of nitrogens with zero attached hydrogens (tertiary/aromatic N) is 2. The van der Waals surface area contributed by atoms with Crippen molar-refractivity contribution in [2.75, 3.05) is 10.8 Å². The number of carbonyl (C=O) groups excluding carboxylic acids is 2. The minimum Gasteiger partial charge on any atom is -0.352 e. The third-order valence-corrected chi connectivity index (χ3v) is 9.31. The first-order chi connectivity index (χ1) is 21.0. The molecule has 1 N–H and O–H groups in total. The van der Waals surface area contributed by atoms with Crippen molar-refractivity contribution >= 4 is 50.7 Å². The second-order valence-electron chi connectivity index (χ2n) is 10.4. The van der Waals surface area contributed by atoms with E-state index in [1.165, 1.54) is 47.4 Å². The van der Waals surface area contributed by atoms with Gasteiger partial charge < -0.3 is 10.2 Å². The predicted octanol–water partition coefficient (Wildman–Crippen LogP) is 6.49. The van der Waals surface area contributed by atoms with Crippen molar-refractivity contribution in [3.63, 3.8) is 0 Å². The number of amides is 2. The van der Waals surface area contributed by atoms with Crippen LogP contribution in [0.5, 0.6) is 0 Å². The van der Waals surface area contributed by atoms with Crippen LogP contribution in [-0.2, 0) is 32.6 Å². The third kappa shape index (κ3) is 7.96. The van der Waals surface area contributed by atoms with Gasteiger partial charge in [0.15, 0.2) is 0 Å². The topological polar surface area (TPSA) is 86.8 Å². The van der Waals surface area contributed by atoms with E-state index in [0.717, 1.165) is 15.9 Å². The van der Waals surface area contributed by atoms with Crippen LogP contribution < -0.4 is 9.62 Å². The molecule has 0 heterocycles. The number of sulfonamides is 1. The van der Waals surface area contributed by atoms with E-state index in [-0.39, 0.29) is 39.6 Å². The van der Waals surface area contributed by atoms with Gasteiger partial charge in [-0.05, 0) is 55.8 Å². The normalized spacial score (nSPS) is 12.0. The molecule has 4 aromatic rings. The number of para-hydroxylation sites is 1. The summed E-state index contributed by atoms with van der Waals surface area (Å²) in [5.41, 5.74) is 0.831. The second-order valence-corrected chi connectivity index (χ2v) is 13.0. The Balaban J connectivity index is 1.84. The molecule has 2 amide bonds. The summed E-state index contributed by atoms with van der Waals surface area (Å²) in [6, 6.07) is 25.4. The minimum atomic E-state index is -4.43. The lowest BCUT2D eigenvalue weighted by molar-refractivity contribution is -0.140. The Labute approximate surface area is 267 Å². The molecule has 0 aliphatic heterocycles. The van der Waals surface area contributed by atoms with Crippen molar-refractivity contribution < 1.29 is 22.4 Å². The smallest absolute Gasteiger partial charge is 0.264 e. The molecule has 0 bridgehead atoms. The molecule has 0 spiro atoms. The first-order valence-electron chi connectivity index (χ1n) is 13.9. The zero-order valence-electron chi connectivity index (χ0n) is 24.2. The highest BCUT2D eigenvalue weighted by Gasteiger charge is 2.36. The zero-order chi connectivity index (χ0) is 31.9. The van der Waals surface area contributed by atoms with Crippen molar-refractivity contribution in [3.8, 4) is 0 Å². The van der Waals surface area contributed by atoms with Crippen LogP contribution in [0.15, 0.2) is 108 Å². The van der Waals surface area contributed by atoms with Crippen LogP contribution in [0, 0.1) is 5.82 Å². The molecule has 1 atom stereocenters. The fourth-order valence-electron chi connectivity index (χ4n) is 4.68. The number of nitrogens with one attached hydrogen (secondary N) is 1. The van der Waals surface area contributed by atoms with E-state index in [9.17, 15) is 18.0 Å². The largest absolute Gasteiger partial charge is 0.352 e. The van der Waals surface area contributed by atoms with Crippen LogP contribution in [0.3, 0.4) is 0 Å². The van der Waals surface area contributed by atoms with Gasteiger partial charge in [-0.25, -0.2) is 12.8 Å². The van der Waals surface area contributed by atoms with Crippen molar-refractivity contribution in [3.05, 3.63) is 130 Å². The molecule has 0 radical (unpaired) electrons. The molecule has 0 aliphatic carbocycles. The molecule has 0 fully saturated rings. The number of hydrogen-bond acceptors (Lipinski definition) is 4.